The van der Waals surface area contributed by atoms with Crippen molar-refractivity contribution in [3.63, 3.8) is 0 Å². The first kappa shape index (κ1) is 32.8. The van der Waals surface area contributed by atoms with E-state index in [0.29, 0.717) is 11.5 Å². The van der Waals surface area contributed by atoms with Crippen LogP contribution in [0.1, 0.15) is 46.2 Å². The van der Waals surface area contributed by atoms with E-state index in [1.165, 1.54) is 78.2 Å². The highest BCUT2D eigenvalue weighted by Gasteiger charge is 2.13. The lowest BCUT2D eigenvalue weighted by Crippen LogP contribution is -2.04. The summed E-state index contributed by atoms with van der Waals surface area (Å²) in [5.41, 5.74) is 9.93. The molecule has 236 valence electrons. The maximum atomic E-state index is 5.14. The molecule has 4 heterocycles. The van der Waals surface area contributed by atoms with Crippen LogP contribution in [0.5, 0.6) is 5.88 Å². The highest BCUT2D eigenvalue weighted by molar-refractivity contribution is 5.87. The van der Waals surface area contributed by atoms with Gasteiger partial charge in [-0.25, -0.2) is 24.9 Å². The van der Waals surface area contributed by atoms with Crippen molar-refractivity contribution in [2.24, 2.45) is 0 Å². The zero-order valence-electron chi connectivity index (χ0n) is 25.6. The van der Waals surface area contributed by atoms with E-state index in [2.05, 4.69) is 76.9 Å². The van der Waals surface area contributed by atoms with Crippen molar-refractivity contribution in [1.29, 1.82) is 0 Å². The Bertz CT molecular complexity index is 1950. The number of aromatic nitrogens is 6. The average molecular weight is 656 g/mol. The molecule has 0 radical (unpaired) electrons. The fourth-order valence-corrected chi connectivity index (χ4v) is 6.06. The van der Waals surface area contributed by atoms with Gasteiger partial charge in [0, 0.05) is 25.4 Å². The van der Waals surface area contributed by atoms with Crippen molar-refractivity contribution in [2.75, 3.05) is 17.7 Å². The normalized spacial score (nSPS) is 12.6. The van der Waals surface area contributed by atoms with Gasteiger partial charge in [-0.15, -0.1) is 24.8 Å². The summed E-state index contributed by atoms with van der Waals surface area (Å²) < 4.78 is 5.14. The van der Waals surface area contributed by atoms with Crippen molar-refractivity contribution in [3.05, 3.63) is 113 Å². The van der Waals surface area contributed by atoms with Crippen LogP contribution in [0.2, 0.25) is 0 Å². The molecule has 4 aromatic heterocycles. The number of nitrogens with one attached hydrogen (secondary N) is 2. The van der Waals surface area contributed by atoms with Crippen LogP contribution in [0.25, 0.3) is 22.1 Å². The van der Waals surface area contributed by atoms with Crippen LogP contribution in [0.3, 0.4) is 0 Å². The van der Waals surface area contributed by atoms with Crippen molar-refractivity contribution in [1.82, 2.24) is 29.9 Å². The van der Waals surface area contributed by atoms with Gasteiger partial charge >= 0.3 is 0 Å². The molecular weight excluding hydrogens is 619 g/mol. The van der Waals surface area contributed by atoms with Gasteiger partial charge in [0.25, 0.3) is 0 Å². The molecule has 46 heavy (non-hydrogen) atoms. The largest absolute Gasteiger partial charge is 0.481 e. The smallest absolute Gasteiger partial charge is 0.215 e. The Morgan fingerprint density at radius 2 is 1.17 bits per heavy atom. The van der Waals surface area contributed by atoms with Crippen LogP contribution in [0.15, 0.2) is 79.5 Å². The van der Waals surface area contributed by atoms with Crippen LogP contribution in [0, 0.1) is 0 Å². The maximum Gasteiger partial charge on any atom is 0.215 e. The molecule has 2 aliphatic rings. The van der Waals surface area contributed by atoms with Gasteiger partial charge in [0.1, 0.15) is 24.3 Å². The van der Waals surface area contributed by atoms with Gasteiger partial charge in [-0.1, -0.05) is 36.4 Å². The molecule has 0 atom stereocenters. The second kappa shape index (κ2) is 15.1. The number of hydrogen-bond acceptors (Lipinski definition) is 9. The SMILES string of the molecule is COc1ccc2c(NCc3ccc4c(c3)CCC4)ncnc2n1.Cl.Cl.c1cnc2ncnc(NCc3ccc4c(c3)CCC4)c2c1. The fourth-order valence-electron chi connectivity index (χ4n) is 6.06. The Hall–Kier alpha value is -4.60. The van der Waals surface area contributed by atoms with Gasteiger partial charge in [-0.3, -0.25) is 0 Å². The molecule has 6 aromatic rings. The molecule has 2 aliphatic carbocycles. The van der Waals surface area contributed by atoms with Gasteiger partial charge in [0.2, 0.25) is 5.88 Å². The van der Waals surface area contributed by atoms with E-state index in [1.54, 1.807) is 19.6 Å². The van der Waals surface area contributed by atoms with Crippen molar-refractivity contribution >= 4 is 58.5 Å². The molecule has 0 bridgehead atoms. The summed E-state index contributed by atoms with van der Waals surface area (Å²) in [6.07, 6.45) is 12.2. The van der Waals surface area contributed by atoms with E-state index in [9.17, 15) is 0 Å². The lowest BCUT2D eigenvalue weighted by Gasteiger charge is -2.10. The van der Waals surface area contributed by atoms with Crippen LogP contribution in [-0.2, 0) is 38.8 Å². The minimum absolute atomic E-state index is 0. The number of rotatable bonds is 7. The molecule has 2 N–H and O–H groups in total. The minimum Gasteiger partial charge on any atom is -0.481 e. The molecule has 0 fully saturated rings. The molecule has 0 saturated heterocycles. The summed E-state index contributed by atoms with van der Waals surface area (Å²) in [5.74, 6) is 2.19. The Morgan fingerprint density at radius 1 is 0.609 bits per heavy atom. The molecule has 0 spiro atoms. The molecule has 0 unspecified atom stereocenters. The van der Waals surface area contributed by atoms with Crippen molar-refractivity contribution in [2.45, 2.75) is 51.6 Å². The highest BCUT2D eigenvalue weighted by Crippen LogP contribution is 2.26. The predicted octanol–water partition coefficient (Wildman–Crippen LogP) is 7.10. The molecule has 9 nitrogen and oxygen atoms in total. The molecule has 2 aromatic carbocycles. The maximum absolute atomic E-state index is 5.14. The molecular formula is C35H36Cl2N8O. The Labute approximate surface area is 280 Å². The quantitative estimate of drug-likeness (QED) is 0.186. The molecule has 8 rings (SSSR count). The number of aryl methyl sites for hydroxylation is 4. The van der Waals surface area contributed by atoms with Crippen LogP contribution in [0.4, 0.5) is 11.6 Å². The number of pyridine rings is 2. The first-order chi connectivity index (χ1) is 21.7. The molecule has 0 aliphatic heterocycles. The summed E-state index contributed by atoms with van der Waals surface area (Å²) >= 11 is 0. The van der Waals surface area contributed by atoms with E-state index < -0.39 is 0 Å². The topological polar surface area (TPSA) is 111 Å². The first-order valence-electron chi connectivity index (χ1n) is 15.1. The number of halogens is 2. The van der Waals surface area contributed by atoms with Gasteiger partial charge < -0.3 is 15.4 Å². The lowest BCUT2D eigenvalue weighted by atomic mass is 10.1. The standard InChI is InChI=1S/C18H18N4O.C17H16N4.2ClH/c1-23-16-8-7-15-17(20-11-21-18(15)22-16)19-10-12-5-6-13-3-2-4-14(13)9-12;1-3-13-7-6-12(9-14(13)4-1)10-19-17-15-5-2-8-18-16(15)20-11-21-17;;/h5-9,11H,2-4,10H2,1H3,(H,19,20,21,22);2,5-9,11H,1,3-4,10H2,(H,18,19,20,21);2*1H. The number of ether oxygens (including phenoxy) is 1. The third-order valence-electron chi connectivity index (χ3n) is 8.34. The van der Waals surface area contributed by atoms with Crippen molar-refractivity contribution in [3.8, 4) is 5.88 Å². The number of nitrogens with zero attached hydrogens (tertiary/aromatic N) is 6. The van der Waals surface area contributed by atoms with Gasteiger partial charge in [-0.05, 0) is 90.1 Å². The van der Waals surface area contributed by atoms with Crippen LogP contribution >= 0.6 is 24.8 Å². The number of anilines is 2. The summed E-state index contributed by atoms with van der Waals surface area (Å²) in [6.45, 7) is 1.51. The monoisotopic (exact) mass is 654 g/mol. The van der Waals surface area contributed by atoms with E-state index in [0.717, 1.165) is 41.1 Å². The Kier molecular flexibility index (Phi) is 10.8. The third-order valence-corrected chi connectivity index (χ3v) is 8.34. The molecule has 11 heteroatoms. The Morgan fingerprint density at radius 3 is 1.78 bits per heavy atom. The summed E-state index contributed by atoms with van der Waals surface area (Å²) in [5, 5.41) is 8.66. The summed E-state index contributed by atoms with van der Waals surface area (Å²) in [4.78, 5) is 25.7. The van der Waals surface area contributed by atoms with Gasteiger partial charge in [0.15, 0.2) is 11.3 Å². The van der Waals surface area contributed by atoms with Crippen molar-refractivity contribution < 1.29 is 4.74 Å². The number of benzene rings is 2. The average Bonchev–Trinajstić information content (AvgIpc) is 3.75. The zero-order valence-corrected chi connectivity index (χ0v) is 27.2. The lowest BCUT2D eigenvalue weighted by molar-refractivity contribution is 0.399. The molecule has 0 saturated carbocycles. The summed E-state index contributed by atoms with van der Waals surface area (Å²) in [6, 6.07) is 21.2. The second-order valence-corrected chi connectivity index (χ2v) is 11.2. The zero-order chi connectivity index (χ0) is 29.7. The van der Waals surface area contributed by atoms with E-state index in [4.69, 9.17) is 4.74 Å². The molecule has 0 amide bonds. The number of fused-ring (bicyclic) bond motifs is 4. The van der Waals surface area contributed by atoms with Crippen LogP contribution in [-0.4, -0.2) is 37.0 Å². The minimum atomic E-state index is 0. The number of methoxy groups -OCH3 is 1. The highest BCUT2D eigenvalue weighted by atomic mass is 35.5. The number of hydrogen-bond donors (Lipinski definition) is 2. The van der Waals surface area contributed by atoms with E-state index in [1.807, 2.05) is 24.3 Å². The van der Waals surface area contributed by atoms with E-state index >= 15 is 0 Å². The van der Waals surface area contributed by atoms with Gasteiger partial charge in [-0.2, -0.15) is 4.98 Å². The van der Waals surface area contributed by atoms with E-state index in [-0.39, 0.29) is 24.8 Å². The third kappa shape index (κ3) is 7.27. The second-order valence-electron chi connectivity index (χ2n) is 11.2. The summed E-state index contributed by atoms with van der Waals surface area (Å²) in [7, 11) is 1.60. The van der Waals surface area contributed by atoms with Gasteiger partial charge in [0.05, 0.1) is 17.9 Å². The fraction of sp³-hybridized carbons (Fsp3) is 0.257. The Balaban J connectivity index is 0.000000174. The predicted molar refractivity (Wildman–Crippen MR) is 187 cm³/mol. The first-order valence-corrected chi connectivity index (χ1v) is 15.1. The van der Waals surface area contributed by atoms with Crippen LogP contribution < -0.4 is 15.4 Å².